The molecule has 1 N–H and O–H groups in total. The number of rotatable bonds is 7. The van der Waals surface area contributed by atoms with Crippen LogP contribution in [0.5, 0.6) is 0 Å². The van der Waals surface area contributed by atoms with E-state index in [-0.39, 0.29) is 18.1 Å². The summed E-state index contributed by atoms with van der Waals surface area (Å²) in [6, 6.07) is 9.26. The van der Waals surface area contributed by atoms with Gasteiger partial charge in [0.25, 0.3) is 5.91 Å². The molecule has 2 rings (SSSR count). The average molecular weight is 369 g/mol. The van der Waals surface area contributed by atoms with Crippen LogP contribution in [-0.2, 0) is 14.3 Å². The summed E-state index contributed by atoms with van der Waals surface area (Å²) < 4.78 is 4.98. The summed E-state index contributed by atoms with van der Waals surface area (Å²) >= 11 is 0. The number of benzene rings is 1. The molecule has 1 aliphatic rings. The molecule has 0 heterocycles. The first-order valence-electron chi connectivity index (χ1n) is 9.32. The van der Waals surface area contributed by atoms with Gasteiger partial charge >= 0.3 is 5.97 Å². The topological polar surface area (TPSA) is 82.4 Å². The third-order valence-corrected chi connectivity index (χ3v) is 4.71. The van der Waals surface area contributed by atoms with Crippen molar-refractivity contribution in [2.45, 2.75) is 32.1 Å². The third-order valence-electron chi connectivity index (χ3n) is 4.71. The van der Waals surface area contributed by atoms with Crippen molar-refractivity contribution in [3.8, 4) is 6.07 Å². The molecule has 0 bridgehead atoms. The number of anilines is 1. The largest absolute Gasteiger partial charge is 0.451 e. The molecular weight excluding hydrogens is 342 g/mol. The Bertz CT molecular complexity index is 711. The highest BCUT2D eigenvalue weighted by atomic mass is 16.5. The molecule has 1 aromatic rings. The van der Waals surface area contributed by atoms with Crippen molar-refractivity contribution in [2.24, 2.45) is 5.92 Å². The SMILES string of the molecule is CN(C)c1ccc(/C=C(/C#N)C(=O)OCC(=O)NCC2CCCCC2)cc1. The van der Waals surface area contributed by atoms with Gasteiger partial charge in [-0.2, -0.15) is 5.26 Å². The molecule has 6 heteroatoms. The Labute approximate surface area is 160 Å². The third kappa shape index (κ3) is 6.78. The van der Waals surface area contributed by atoms with Gasteiger partial charge in [-0.05, 0) is 42.5 Å². The summed E-state index contributed by atoms with van der Waals surface area (Å²) in [7, 11) is 3.87. The summed E-state index contributed by atoms with van der Waals surface area (Å²) in [6.45, 7) is 0.250. The maximum absolute atomic E-state index is 12.1. The molecule has 0 aliphatic heterocycles. The van der Waals surface area contributed by atoms with Crippen LogP contribution in [0.1, 0.15) is 37.7 Å². The van der Waals surface area contributed by atoms with Crippen LogP contribution in [0.2, 0.25) is 0 Å². The van der Waals surface area contributed by atoms with E-state index in [2.05, 4.69) is 5.32 Å². The number of carbonyl (C=O) groups is 2. The number of nitrogens with zero attached hydrogens (tertiary/aromatic N) is 2. The fourth-order valence-electron chi connectivity index (χ4n) is 3.08. The predicted octanol–water partition coefficient (Wildman–Crippen LogP) is 2.90. The fraction of sp³-hybridized carbons (Fsp3) is 0.476. The molecule has 0 unspecified atom stereocenters. The van der Waals surface area contributed by atoms with Crippen molar-refractivity contribution in [3.05, 3.63) is 35.4 Å². The Morgan fingerprint density at radius 2 is 1.89 bits per heavy atom. The minimum absolute atomic E-state index is 0.132. The van der Waals surface area contributed by atoms with Gasteiger partial charge < -0.3 is 15.0 Å². The highest BCUT2D eigenvalue weighted by molar-refractivity contribution is 5.98. The van der Waals surface area contributed by atoms with Crippen molar-refractivity contribution in [2.75, 3.05) is 32.1 Å². The van der Waals surface area contributed by atoms with Gasteiger partial charge in [-0.25, -0.2) is 4.79 Å². The van der Waals surface area contributed by atoms with E-state index in [1.807, 2.05) is 49.3 Å². The first-order valence-corrected chi connectivity index (χ1v) is 9.32. The lowest BCUT2D eigenvalue weighted by atomic mass is 9.89. The molecule has 144 valence electrons. The van der Waals surface area contributed by atoms with Crippen molar-refractivity contribution >= 4 is 23.6 Å². The zero-order valence-electron chi connectivity index (χ0n) is 16.0. The summed E-state index contributed by atoms with van der Waals surface area (Å²) in [6.07, 6.45) is 7.41. The normalized spacial score (nSPS) is 14.9. The fourth-order valence-corrected chi connectivity index (χ4v) is 3.08. The monoisotopic (exact) mass is 369 g/mol. The van der Waals surface area contributed by atoms with E-state index in [0.29, 0.717) is 12.5 Å². The summed E-state index contributed by atoms with van der Waals surface area (Å²) in [4.78, 5) is 25.9. The van der Waals surface area contributed by atoms with Gasteiger partial charge in [0.2, 0.25) is 0 Å². The van der Waals surface area contributed by atoms with Crippen molar-refractivity contribution < 1.29 is 14.3 Å². The van der Waals surface area contributed by atoms with E-state index in [1.165, 1.54) is 25.3 Å². The van der Waals surface area contributed by atoms with E-state index < -0.39 is 5.97 Å². The number of amides is 1. The van der Waals surface area contributed by atoms with Crippen LogP contribution in [-0.4, -0.2) is 39.1 Å². The maximum atomic E-state index is 12.1. The number of nitriles is 1. The Kier molecular flexibility index (Phi) is 7.87. The lowest BCUT2D eigenvalue weighted by Crippen LogP contribution is -2.33. The Hall–Kier alpha value is -2.81. The van der Waals surface area contributed by atoms with E-state index >= 15 is 0 Å². The number of ether oxygens (including phenoxy) is 1. The van der Waals surface area contributed by atoms with Crippen LogP contribution in [0, 0.1) is 17.2 Å². The van der Waals surface area contributed by atoms with Gasteiger partial charge in [-0.15, -0.1) is 0 Å². The minimum Gasteiger partial charge on any atom is -0.451 e. The van der Waals surface area contributed by atoms with Gasteiger partial charge in [0.05, 0.1) is 0 Å². The Morgan fingerprint density at radius 3 is 2.48 bits per heavy atom. The zero-order chi connectivity index (χ0) is 19.6. The van der Waals surface area contributed by atoms with E-state index in [0.717, 1.165) is 24.1 Å². The molecule has 0 spiro atoms. The molecule has 27 heavy (non-hydrogen) atoms. The lowest BCUT2D eigenvalue weighted by molar-refractivity contribution is -0.144. The first-order chi connectivity index (χ1) is 13.0. The average Bonchev–Trinajstić information content (AvgIpc) is 2.69. The molecule has 0 aromatic heterocycles. The van der Waals surface area contributed by atoms with Crippen LogP contribution < -0.4 is 10.2 Å². The standard InChI is InChI=1S/C21H27N3O3/c1-24(2)19-10-8-16(9-11-19)12-18(13-22)21(26)27-15-20(25)23-14-17-6-4-3-5-7-17/h8-12,17H,3-7,14-15H2,1-2H3,(H,23,25)/b18-12-. The molecule has 1 saturated carbocycles. The van der Waals surface area contributed by atoms with E-state index in [4.69, 9.17) is 4.74 Å². The van der Waals surface area contributed by atoms with Gasteiger partial charge in [0.15, 0.2) is 6.61 Å². The van der Waals surface area contributed by atoms with Crippen LogP contribution in [0.4, 0.5) is 5.69 Å². The van der Waals surface area contributed by atoms with Crippen LogP contribution in [0.15, 0.2) is 29.8 Å². The first kappa shape index (κ1) is 20.5. The number of nitrogens with one attached hydrogen (secondary N) is 1. The second-order valence-electron chi connectivity index (χ2n) is 7.04. The molecule has 0 saturated heterocycles. The van der Waals surface area contributed by atoms with Crippen molar-refractivity contribution in [1.29, 1.82) is 5.26 Å². The molecule has 6 nitrogen and oxygen atoms in total. The second-order valence-corrected chi connectivity index (χ2v) is 7.04. The van der Waals surface area contributed by atoms with Gasteiger partial charge in [0.1, 0.15) is 11.6 Å². The predicted molar refractivity (Wildman–Crippen MR) is 105 cm³/mol. The summed E-state index contributed by atoms with van der Waals surface area (Å²) in [5.41, 5.74) is 1.60. The van der Waals surface area contributed by atoms with Gasteiger partial charge in [-0.1, -0.05) is 31.4 Å². The highest BCUT2D eigenvalue weighted by Gasteiger charge is 2.16. The maximum Gasteiger partial charge on any atom is 0.349 e. The number of hydrogen-bond acceptors (Lipinski definition) is 5. The molecule has 0 atom stereocenters. The number of carbonyl (C=O) groups excluding carboxylic acids is 2. The zero-order valence-corrected chi connectivity index (χ0v) is 16.0. The molecular formula is C21H27N3O3. The smallest absolute Gasteiger partial charge is 0.349 e. The second kappa shape index (κ2) is 10.4. The van der Waals surface area contributed by atoms with Crippen molar-refractivity contribution in [1.82, 2.24) is 5.32 Å². The van der Waals surface area contributed by atoms with Crippen molar-refractivity contribution in [3.63, 3.8) is 0 Å². The Morgan fingerprint density at radius 1 is 1.22 bits per heavy atom. The van der Waals surface area contributed by atoms with E-state index in [1.54, 1.807) is 0 Å². The molecule has 1 fully saturated rings. The number of esters is 1. The quantitative estimate of drug-likeness (QED) is 0.454. The molecule has 1 amide bonds. The molecule has 1 aliphatic carbocycles. The summed E-state index contributed by atoms with van der Waals surface area (Å²) in [5, 5.41) is 12.0. The Balaban J connectivity index is 1.83. The van der Waals surface area contributed by atoms with Crippen LogP contribution in [0.25, 0.3) is 6.08 Å². The van der Waals surface area contributed by atoms with Gasteiger partial charge in [0, 0.05) is 26.3 Å². The molecule has 0 radical (unpaired) electrons. The molecule has 1 aromatic carbocycles. The number of hydrogen-bond donors (Lipinski definition) is 1. The summed E-state index contributed by atoms with van der Waals surface area (Å²) in [5.74, 6) is -0.610. The van der Waals surface area contributed by atoms with Gasteiger partial charge in [-0.3, -0.25) is 4.79 Å². The van der Waals surface area contributed by atoms with E-state index in [9.17, 15) is 14.9 Å². The minimum atomic E-state index is -0.790. The van der Waals surface area contributed by atoms with Crippen LogP contribution in [0.3, 0.4) is 0 Å². The lowest BCUT2D eigenvalue weighted by Gasteiger charge is -2.21. The van der Waals surface area contributed by atoms with Crippen LogP contribution >= 0.6 is 0 Å². The highest BCUT2D eigenvalue weighted by Crippen LogP contribution is 2.22.